The van der Waals surface area contributed by atoms with Crippen LogP contribution in [0.2, 0.25) is 0 Å². The van der Waals surface area contributed by atoms with Crippen LogP contribution >= 0.6 is 0 Å². The zero-order valence-corrected chi connectivity index (χ0v) is 53.8. The first-order chi connectivity index (χ1) is 47.1. The summed E-state index contributed by atoms with van der Waals surface area (Å²) in [4.78, 5) is 14.2. The first-order valence-electron chi connectivity index (χ1n) is 35.8. The number of furan rings is 3. The van der Waals surface area contributed by atoms with Gasteiger partial charge in [0, 0.05) is 93.1 Å². The quantitative estimate of drug-likeness (QED) is 0.134. The molecule has 0 spiro atoms. The molecule has 0 radical (unpaired) electrons. The molecule has 2 aliphatic rings. The van der Waals surface area contributed by atoms with Crippen molar-refractivity contribution in [2.45, 2.75) is 112 Å². The maximum absolute atomic E-state index is 8.95. The lowest BCUT2D eigenvalue weighted by molar-refractivity contribution is -0.660. The molecule has 15 aromatic rings. The van der Waals surface area contributed by atoms with Crippen molar-refractivity contribution in [3.8, 4) is 33.8 Å². The molecule has 0 N–H and O–H groups in total. The Balaban J connectivity index is 0.000000120. The monoisotopic (exact) mass is 1220 g/mol. The second kappa shape index (κ2) is 24.6. The highest BCUT2D eigenvalue weighted by atomic mass is 16.3. The highest BCUT2D eigenvalue weighted by Gasteiger charge is 2.24. The van der Waals surface area contributed by atoms with Gasteiger partial charge in [-0.05, 0) is 164 Å². The predicted octanol–water partition coefficient (Wildman–Crippen LogP) is 19.9. The van der Waals surface area contributed by atoms with Gasteiger partial charge in [-0.15, -0.1) is 0 Å². The van der Waals surface area contributed by atoms with Crippen molar-refractivity contribution in [3.05, 3.63) is 216 Å². The highest BCUT2D eigenvalue weighted by molar-refractivity contribution is 6.11. The van der Waals surface area contributed by atoms with Crippen LogP contribution in [-0.2, 0) is 40.3 Å². The fraction of sp³-hybridized carbons (Fsp3) is 0.277. The normalized spacial score (nSPS) is 15.5. The Morgan fingerprint density at radius 1 is 0.402 bits per heavy atom. The van der Waals surface area contributed by atoms with Crippen LogP contribution in [0, 0.1) is 38.5 Å². The number of hydrogen-bond acceptors (Lipinski definition) is 6. The van der Waals surface area contributed by atoms with E-state index < -0.39 is 19.1 Å². The summed E-state index contributed by atoms with van der Waals surface area (Å²) in [6.07, 6.45) is 11.5. The molecular formula is C83H81N6O3+3. The summed E-state index contributed by atoms with van der Waals surface area (Å²) in [5, 5.41) is 9.52. The average Bonchev–Trinajstić information content (AvgIpc) is 1.58. The summed E-state index contributed by atoms with van der Waals surface area (Å²) in [7, 11) is 6.02. The molecule has 9 nitrogen and oxygen atoms in total. The zero-order valence-electron chi connectivity index (χ0n) is 59.8. The van der Waals surface area contributed by atoms with Crippen LogP contribution in [0.3, 0.4) is 0 Å². The van der Waals surface area contributed by atoms with Crippen LogP contribution in [-0.4, -0.2) is 15.0 Å². The predicted molar refractivity (Wildman–Crippen MR) is 376 cm³/mol. The van der Waals surface area contributed by atoms with Gasteiger partial charge in [0.05, 0.1) is 33.2 Å². The molecule has 6 aromatic carbocycles. The Hall–Kier alpha value is -9.60. The zero-order chi connectivity index (χ0) is 68.1. The standard InChI is InChI=1S/C29H29N2O.C28H27N2O.C26H25N2O/c1-19-14-24-25-17-22-10-6-7-11-26(22)30-29(25)32-28(24)18-23(19)27-16-21(12-13-31(27)2)15-20-8-4-3-5-9-20;1-18-13-23-24-16-21-9-5-6-10-25(21)29-28(24)31-27(23)17-22(18)26-15-20(11-12-30(26)2)14-19-7-3-4-8-19;1-16(2)11-18-9-10-28(4)24(13-18)20-15-25-21(12-17(20)3)22-14-19-7-5-6-8-23(19)27-26(22)29-25/h6-7,10-14,16-18,20H,3-5,8-9,15H2,1-2H3;5-6,9-13,15-17,19H,3-4,7-8,14H2,1-2H3;5-10,12-16H,11H2,1-4H3/q3*+1/i15D2;14D2;11D2. The summed E-state index contributed by atoms with van der Waals surface area (Å²) in [6, 6.07) is 55.2. The molecule has 17 rings (SSSR count). The van der Waals surface area contributed by atoms with E-state index in [9.17, 15) is 0 Å². The maximum Gasteiger partial charge on any atom is 0.227 e. The number of aromatic nitrogens is 6. The molecule has 2 fully saturated rings. The van der Waals surface area contributed by atoms with Gasteiger partial charge in [-0.25, -0.2) is 28.7 Å². The summed E-state index contributed by atoms with van der Waals surface area (Å²) >= 11 is 0. The topological polar surface area (TPSA) is 89.7 Å². The van der Waals surface area contributed by atoms with Crippen molar-refractivity contribution in [2.75, 3.05) is 0 Å². The Bertz CT molecular complexity index is 5640. The number of nitrogens with zero attached hydrogens (tertiary/aromatic N) is 6. The Kier molecular flexibility index (Phi) is 13.9. The minimum Gasteiger partial charge on any atom is -0.438 e. The van der Waals surface area contributed by atoms with E-state index in [0.717, 1.165) is 195 Å². The van der Waals surface area contributed by atoms with Crippen LogP contribution in [0.25, 0.3) is 133 Å². The molecule has 9 aromatic heterocycles. The smallest absolute Gasteiger partial charge is 0.227 e. The molecule has 0 bridgehead atoms. The number of pyridine rings is 6. The van der Waals surface area contributed by atoms with Gasteiger partial charge in [0.1, 0.15) is 37.9 Å². The highest BCUT2D eigenvalue weighted by Crippen LogP contribution is 2.39. The first-order valence-corrected chi connectivity index (χ1v) is 32.8. The van der Waals surface area contributed by atoms with Crippen molar-refractivity contribution in [1.29, 1.82) is 0 Å². The SMILES string of the molecule is [2H]C([2H])(c1cc[n+](C)c(-c2cc3oc4nc5ccccc5cc4c3cc2C)c1)C(C)C.[2H]C([2H])(c1cc[n+](C)c(-c2cc3oc4nc5ccccc5cc4c3cc2C)c1)C1CCCC1.[2H]C([2H])(c1cc[n+](C)c(-c2cc3oc4nc5ccccc5cc4c3cc2C)c1)C1CCCCC1. The number of para-hydroxylation sites is 3. The molecule has 2 saturated carbocycles. The maximum atomic E-state index is 8.95. The van der Waals surface area contributed by atoms with Crippen molar-refractivity contribution in [2.24, 2.45) is 38.9 Å². The Morgan fingerprint density at radius 2 is 0.728 bits per heavy atom. The van der Waals surface area contributed by atoms with Gasteiger partial charge in [0.2, 0.25) is 34.2 Å². The number of rotatable bonds is 9. The summed E-state index contributed by atoms with van der Waals surface area (Å²) in [5.74, 6) is 0.0605. The van der Waals surface area contributed by atoms with Crippen molar-refractivity contribution < 1.29 is 35.2 Å². The molecule has 0 aliphatic heterocycles. The van der Waals surface area contributed by atoms with Crippen molar-refractivity contribution in [3.63, 3.8) is 0 Å². The number of benzene rings is 6. The fourth-order valence-electron chi connectivity index (χ4n) is 14.1. The third kappa shape index (κ3) is 11.6. The second-order valence-electron chi connectivity index (χ2n) is 26.0. The van der Waals surface area contributed by atoms with Gasteiger partial charge in [0.15, 0.2) is 18.6 Å². The lowest BCUT2D eigenvalue weighted by atomic mass is 9.85. The minimum atomic E-state index is -1.40. The summed E-state index contributed by atoms with van der Waals surface area (Å²) < 4.78 is 77.4. The summed E-state index contributed by atoms with van der Waals surface area (Å²) in [5.41, 5.74) is 18.8. The minimum absolute atomic E-state index is 0.0842. The van der Waals surface area contributed by atoms with E-state index in [1.165, 1.54) is 6.42 Å². The van der Waals surface area contributed by atoms with Crippen LogP contribution in [0.1, 0.15) is 113 Å². The van der Waals surface area contributed by atoms with Gasteiger partial charge >= 0.3 is 0 Å². The van der Waals surface area contributed by atoms with E-state index in [-0.39, 0.29) is 17.8 Å². The van der Waals surface area contributed by atoms with Gasteiger partial charge in [-0.1, -0.05) is 126 Å². The Labute approximate surface area is 546 Å². The van der Waals surface area contributed by atoms with Gasteiger partial charge in [-0.2, -0.15) is 0 Å². The van der Waals surface area contributed by atoms with Gasteiger partial charge in [0.25, 0.3) is 0 Å². The number of hydrogen-bond donors (Lipinski definition) is 0. The lowest BCUT2D eigenvalue weighted by Gasteiger charge is -2.21. The van der Waals surface area contributed by atoms with Crippen molar-refractivity contribution in [1.82, 2.24) is 15.0 Å². The fourth-order valence-corrected chi connectivity index (χ4v) is 14.1. The van der Waals surface area contributed by atoms with E-state index >= 15 is 0 Å². The molecule has 0 saturated heterocycles. The van der Waals surface area contributed by atoms with E-state index in [1.807, 2.05) is 149 Å². The number of fused-ring (bicyclic) bond motifs is 12. The van der Waals surface area contributed by atoms with E-state index in [4.69, 9.17) is 36.4 Å². The molecular weight excluding hydrogens is 1130 g/mol. The second-order valence-corrected chi connectivity index (χ2v) is 26.0. The molecule has 458 valence electrons. The molecule has 0 unspecified atom stereocenters. The molecule has 0 amide bonds. The molecule has 9 heterocycles. The molecule has 9 heteroatoms. The summed E-state index contributed by atoms with van der Waals surface area (Å²) in [6.45, 7) is 10.1. The lowest BCUT2D eigenvalue weighted by Crippen LogP contribution is -2.31. The van der Waals surface area contributed by atoms with Crippen LogP contribution in [0.5, 0.6) is 0 Å². The van der Waals surface area contributed by atoms with Crippen molar-refractivity contribution >= 4 is 98.9 Å². The van der Waals surface area contributed by atoms with Crippen LogP contribution in [0.4, 0.5) is 0 Å². The largest absolute Gasteiger partial charge is 0.438 e. The van der Waals surface area contributed by atoms with Crippen LogP contribution in [0.15, 0.2) is 196 Å². The first kappa shape index (κ1) is 52.1. The van der Waals surface area contributed by atoms with E-state index in [1.54, 1.807) is 0 Å². The van der Waals surface area contributed by atoms with E-state index in [0.29, 0.717) is 22.7 Å². The third-order valence-corrected chi connectivity index (χ3v) is 19.0. The van der Waals surface area contributed by atoms with Gasteiger partial charge < -0.3 is 13.3 Å². The third-order valence-electron chi connectivity index (χ3n) is 19.0. The Morgan fingerprint density at radius 3 is 1.09 bits per heavy atom. The number of aryl methyl sites for hydroxylation is 6. The van der Waals surface area contributed by atoms with Crippen LogP contribution < -0.4 is 13.7 Å². The van der Waals surface area contributed by atoms with E-state index in [2.05, 4.69) is 103 Å². The average molecular weight is 1220 g/mol. The molecule has 92 heavy (non-hydrogen) atoms. The molecule has 0 atom stereocenters. The van der Waals surface area contributed by atoms with Gasteiger partial charge in [-0.3, -0.25) is 0 Å². The molecule has 2 aliphatic carbocycles.